The lowest BCUT2D eigenvalue weighted by Crippen LogP contribution is -2.40. The minimum atomic E-state index is -0.0244. The van der Waals surface area contributed by atoms with Gasteiger partial charge in [-0.15, -0.1) is 0 Å². The fourth-order valence-corrected chi connectivity index (χ4v) is 1.27. The molecule has 0 unspecified atom stereocenters. The monoisotopic (exact) mass is 167 g/mol. The Hall–Kier alpha value is -1.08. The minimum absolute atomic E-state index is 0.0244. The number of amides is 1. The summed E-state index contributed by atoms with van der Waals surface area (Å²) in [4.78, 5) is 11.2. The Labute approximate surface area is 71.9 Å². The second kappa shape index (κ2) is 4.73. The molecule has 1 aliphatic heterocycles. The molecule has 0 saturated carbocycles. The molecule has 2 N–H and O–H groups in total. The van der Waals surface area contributed by atoms with Gasteiger partial charge in [0, 0.05) is 6.54 Å². The molecule has 12 heavy (non-hydrogen) atoms. The molecule has 4 nitrogen and oxygen atoms in total. The zero-order valence-electron chi connectivity index (χ0n) is 6.97. The van der Waals surface area contributed by atoms with Gasteiger partial charge in [0.2, 0.25) is 5.91 Å². The number of rotatable bonds is 3. The van der Waals surface area contributed by atoms with Crippen LogP contribution in [0, 0.1) is 11.3 Å². The average Bonchev–Trinajstić information content (AvgIpc) is 2.56. The molecule has 0 bridgehead atoms. The van der Waals surface area contributed by atoms with Gasteiger partial charge in [0.05, 0.1) is 18.5 Å². The van der Waals surface area contributed by atoms with Crippen LogP contribution in [-0.4, -0.2) is 25.0 Å². The van der Waals surface area contributed by atoms with E-state index >= 15 is 0 Å². The van der Waals surface area contributed by atoms with Crippen LogP contribution in [-0.2, 0) is 4.79 Å². The van der Waals surface area contributed by atoms with Gasteiger partial charge in [0.15, 0.2) is 0 Å². The van der Waals surface area contributed by atoms with E-state index in [2.05, 4.69) is 10.6 Å². The lowest BCUT2D eigenvalue weighted by molar-refractivity contribution is -0.122. The molecular weight excluding hydrogens is 154 g/mol. The highest BCUT2D eigenvalue weighted by atomic mass is 16.2. The van der Waals surface area contributed by atoms with Crippen LogP contribution in [0.25, 0.3) is 0 Å². The van der Waals surface area contributed by atoms with Crippen molar-refractivity contribution in [3.8, 4) is 6.07 Å². The smallest absolute Gasteiger partial charge is 0.237 e. The van der Waals surface area contributed by atoms with Gasteiger partial charge in [-0.25, -0.2) is 0 Å². The van der Waals surface area contributed by atoms with Gasteiger partial charge in [-0.1, -0.05) is 0 Å². The lowest BCUT2D eigenvalue weighted by Gasteiger charge is -2.08. The van der Waals surface area contributed by atoms with Gasteiger partial charge in [0.25, 0.3) is 0 Å². The zero-order valence-corrected chi connectivity index (χ0v) is 6.97. The van der Waals surface area contributed by atoms with Crippen LogP contribution in [0.5, 0.6) is 0 Å². The van der Waals surface area contributed by atoms with Gasteiger partial charge in [-0.05, 0) is 19.4 Å². The van der Waals surface area contributed by atoms with Crippen molar-refractivity contribution < 1.29 is 4.79 Å². The molecule has 66 valence electrons. The van der Waals surface area contributed by atoms with Crippen LogP contribution in [0.3, 0.4) is 0 Å². The summed E-state index contributed by atoms with van der Waals surface area (Å²) in [6.07, 6.45) is 2.37. The van der Waals surface area contributed by atoms with Crippen LogP contribution >= 0.6 is 0 Å². The Balaban J connectivity index is 2.15. The van der Waals surface area contributed by atoms with Crippen molar-refractivity contribution in [2.24, 2.45) is 0 Å². The number of nitriles is 1. The first-order valence-electron chi connectivity index (χ1n) is 4.22. The SMILES string of the molecule is N#CCCNC(=O)[C@H]1CCCN1. The topological polar surface area (TPSA) is 64.9 Å². The largest absolute Gasteiger partial charge is 0.354 e. The summed E-state index contributed by atoms with van der Waals surface area (Å²) in [7, 11) is 0. The molecule has 0 aromatic carbocycles. The van der Waals surface area contributed by atoms with Crippen molar-refractivity contribution >= 4 is 5.91 Å². The standard InChI is InChI=1S/C8H13N3O/c9-4-2-6-11-8(12)7-3-1-5-10-7/h7,10H,1-3,5-6H2,(H,11,12)/t7-/m1/s1. The Bertz CT molecular complexity index is 191. The molecule has 0 aromatic heterocycles. The van der Waals surface area contributed by atoms with Crippen molar-refractivity contribution in [1.29, 1.82) is 5.26 Å². The number of nitrogens with one attached hydrogen (secondary N) is 2. The third-order valence-electron chi connectivity index (χ3n) is 1.91. The van der Waals surface area contributed by atoms with Gasteiger partial charge in [-0.3, -0.25) is 4.79 Å². The summed E-state index contributed by atoms with van der Waals surface area (Å²) in [6.45, 7) is 1.39. The molecule has 1 aliphatic rings. The molecule has 1 heterocycles. The van der Waals surface area contributed by atoms with E-state index in [1.54, 1.807) is 0 Å². The van der Waals surface area contributed by atoms with Crippen LogP contribution in [0.15, 0.2) is 0 Å². The first-order chi connectivity index (χ1) is 5.84. The van der Waals surface area contributed by atoms with Gasteiger partial charge >= 0.3 is 0 Å². The van der Waals surface area contributed by atoms with E-state index < -0.39 is 0 Å². The van der Waals surface area contributed by atoms with Gasteiger partial charge in [-0.2, -0.15) is 5.26 Å². The van der Waals surface area contributed by atoms with Crippen LogP contribution < -0.4 is 10.6 Å². The summed E-state index contributed by atoms with van der Waals surface area (Å²) in [5, 5.41) is 14.0. The highest BCUT2D eigenvalue weighted by Gasteiger charge is 2.20. The molecule has 1 saturated heterocycles. The number of hydrogen-bond acceptors (Lipinski definition) is 3. The summed E-state index contributed by atoms with van der Waals surface area (Å²) in [5.41, 5.74) is 0. The van der Waals surface area contributed by atoms with E-state index in [1.807, 2.05) is 6.07 Å². The normalized spacial score (nSPS) is 21.8. The highest BCUT2D eigenvalue weighted by molar-refractivity contribution is 5.81. The molecule has 1 amide bonds. The van der Waals surface area contributed by atoms with Crippen molar-refractivity contribution in [2.45, 2.75) is 25.3 Å². The molecule has 1 fully saturated rings. The van der Waals surface area contributed by atoms with E-state index in [-0.39, 0.29) is 11.9 Å². The van der Waals surface area contributed by atoms with Crippen molar-refractivity contribution in [3.63, 3.8) is 0 Å². The summed E-state index contributed by atoms with van der Waals surface area (Å²) in [5.74, 6) is 0.0303. The Kier molecular flexibility index (Phi) is 3.55. The van der Waals surface area contributed by atoms with Gasteiger partial charge < -0.3 is 10.6 Å². The van der Waals surface area contributed by atoms with E-state index in [4.69, 9.17) is 5.26 Å². The number of nitrogens with zero attached hydrogens (tertiary/aromatic N) is 1. The quantitative estimate of drug-likeness (QED) is 0.570. The van der Waals surface area contributed by atoms with Crippen LogP contribution in [0.4, 0.5) is 0 Å². The number of carbonyl (C=O) groups excluding carboxylic acids is 1. The van der Waals surface area contributed by atoms with E-state index in [9.17, 15) is 4.79 Å². The summed E-state index contributed by atoms with van der Waals surface area (Å²) < 4.78 is 0. The molecular formula is C8H13N3O. The third kappa shape index (κ3) is 2.51. The Morgan fingerprint density at radius 1 is 1.75 bits per heavy atom. The van der Waals surface area contributed by atoms with Crippen LogP contribution in [0.2, 0.25) is 0 Å². The van der Waals surface area contributed by atoms with Crippen LogP contribution in [0.1, 0.15) is 19.3 Å². The fraction of sp³-hybridized carbons (Fsp3) is 0.750. The molecule has 4 heteroatoms. The van der Waals surface area contributed by atoms with E-state index in [0.717, 1.165) is 19.4 Å². The highest BCUT2D eigenvalue weighted by Crippen LogP contribution is 2.03. The molecule has 0 aliphatic carbocycles. The molecule has 0 spiro atoms. The predicted octanol–water partition coefficient (Wildman–Crippen LogP) is -0.232. The maximum atomic E-state index is 11.2. The minimum Gasteiger partial charge on any atom is -0.354 e. The fourth-order valence-electron chi connectivity index (χ4n) is 1.27. The second-order valence-corrected chi connectivity index (χ2v) is 2.85. The Morgan fingerprint density at radius 3 is 3.17 bits per heavy atom. The maximum Gasteiger partial charge on any atom is 0.237 e. The molecule has 1 atom stereocenters. The second-order valence-electron chi connectivity index (χ2n) is 2.85. The first kappa shape index (κ1) is 9.01. The van der Waals surface area contributed by atoms with E-state index in [0.29, 0.717) is 13.0 Å². The van der Waals surface area contributed by atoms with Crippen molar-refractivity contribution in [3.05, 3.63) is 0 Å². The van der Waals surface area contributed by atoms with Crippen molar-refractivity contribution in [2.75, 3.05) is 13.1 Å². The van der Waals surface area contributed by atoms with Crippen molar-refractivity contribution in [1.82, 2.24) is 10.6 Å². The Morgan fingerprint density at radius 2 is 2.58 bits per heavy atom. The number of carbonyl (C=O) groups is 1. The summed E-state index contributed by atoms with van der Waals surface area (Å²) in [6, 6.07) is 1.95. The average molecular weight is 167 g/mol. The predicted molar refractivity (Wildman–Crippen MR) is 44.3 cm³/mol. The first-order valence-corrected chi connectivity index (χ1v) is 4.22. The zero-order chi connectivity index (χ0) is 8.81. The number of hydrogen-bond donors (Lipinski definition) is 2. The molecule has 0 aromatic rings. The molecule has 1 rings (SSSR count). The molecule has 0 radical (unpaired) electrons. The van der Waals surface area contributed by atoms with Gasteiger partial charge in [0.1, 0.15) is 0 Å². The maximum absolute atomic E-state index is 11.2. The van der Waals surface area contributed by atoms with E-state index in [1.165, 1.54) is 0 Å². The third-order valence-corrected chi connectivity index (χ3v) is 1.91. The lowest BCUT2D eigenvalue weighted by atomic mass is 10.2. The summed E-state index contributed by atoms with van der Waals surface area (Å²) >= 11 is 0.